The Morgan fingerprint density at radius 2 is 2.19 bits per heavy atom. The summed E-state index contributed by atoms with van der Waals surface area (Å²) in [5, 5.41) is 21.1. The Balaban J connectivity index is 2.76. The van der Waals surface area contributed by atoms with Gasteiger partial charge >= 0.3 is 5.97 Å². The zero-order chi connectivity index (χ0) is 12.1. The van der Waals surface area contributed by atoms with Gasteiger partial charge in [0.05, 0.1) is 11.7 Å². The molecule has 0 saturated carbocycles. The molecular formula is C12H17NO3. The molecule has 0 aliphatic heterocycles. The Bertz CT molecular complexity index is 375. The van der Waals surface area contributed by atoms with Gasteiger partial charge in [-0.25, -0.2) is 4.79 Å². The van der Waals surface area contributed by atoms with Crippen LogP contribution in [0.5, 0.6) is 0 Å². The van der Waals surface area contributed by atoms with E-state index in [4.69, 9.17) is 10.2 Å². The summed E-state index contributed by atoms with van der Waals surface area (Å²) in [6.45, 7) is 4.17. The number of carboxylic acid groups (broad SMARTS) is 1. The van der Waals surface area contributed by atoms with Gasteiger partial charge < -0.3 is 15.5 Å². The fourth-order valence-corrected chi connectivity index (χ4v) is 1.41. The van der Waals surface area contributed by atoms with Gasteiger partial charge in [-0.15, -0.1) is 0 Å². The van der Waals surface area contributed by atoms with E-state index in [1.54, 1.807) is 25.1 Å². The monoisotopic (exact) mass is 223 g/mol. The van der Waals surface area contributed by atoms with E-state index in [1.807, 2.05) is 6.92 Å². The second kappa shape index (κ2) is 5.51. The smallest absolute Gasteiger partial charge is 0.337 e. The Kier molecular flexibility index (Phi) is 4.31. The maximum absolute atomic E-state index is 10.9. The van der Waals surface area contributed by atoms with Crippen LogP contribution in [0, 0.1) is 6.92 Å². The zero-order valence-electron chi connectivity index (χ0n) is 9.53. The molecule has 0 amide bonds. The number of hydrogen-bond donors (Lipinski definition) is 3. The van der Waals surface area contributed by atoms with E-state index >= 15 is 0 Å². The highest BCUT2D eigenvalue weighted by Gasteiger charge is 2.09. The molecule has 16 heavy (non-hydrogen) atoms. The molecule has 4 heteroatoms. The number of rotatable bonds is 5. The van der Waals surface area contributed by atoms with Crippen molar-refractivity contribution in [3.8, 4) is 0 Å². The first-order valence-corrected chi connectivity index (χ1v) is 5.26. The molecule has 0 spiro atoms. The lowest BCUT2D eigenvalue weighted by atomic mass is 10.1. The van der Waals surface area contributed by atoms with Crippen molar-refractivity contribution in [2.24, 2.45) is 0 Å². The number of aromatic carboxylic acids is 1. The SMILES string of the molecule is Cc1ccc(C(=O)O)c(NCCC(C)O)c1. The van der Waals surface area contributed by atoms with Gasteiger partial charge in [0, 0.05) is 12.2 Å². The van der Waals surface area contributed by atoms with Crippen LogP contribution in [0.15, 0.2) is 18.2 Å². The number of anilines is 1. The normalized spacial score (nSPS) is 12.2. The summed E-state index contributed by atoms with van der Waals surface area (Å²) in [7, 11) is 0. The van der Waals surface area contributed by atoms with E-state index in [2.05, 4.69) is 5.32 Å². The first kappa shape index (κ1) is 12.5. The first-order chi connectivity index (χ1) is 7.50. The quantitative estimate of drug-likeness (QED) is 0.712. The lowest BCUT2D eigenvalue weighted by Crippen LogP contribution is -2.12. The molecule has 0 aliphatic rings. The predicted octanol–water partition coefficient (Wildman–Crippen LogP) is 1.88. The van der Waals surface area contributed by atoms with Crippen LogP contribution in [-0.2, 0) is 0 Å². The van der Waals surface area contributed by atoms with Crippen LogP contribution in [0.3, 0.4) is 0 Å². The lowest BCUT2D eigenvalue weighted by Gasteiger charge is -2.11. The summed E-state index contributed by atoms with van der Waals surface area (Å²) in [4.78, 5) is 10.9. The van der Waals surface area contributed by atoms with Crippen molar-refractivity contribution < 1.29 is 15.0 Å². The summed E-state index contributed by atoms with van der Waals surface area (Å²) in [6, 6.07) is 5.15. The van der Waals surface area contributed by atoms with Crippen LogP contribution < -0.4 is 5.32 Å². The van der Waals surface area contributed by atoms with Crippen LogP contribution in [0.4, 0.5) is 5.69 Å². The third-order valence-electron chi connectivity index (χ3n) is 2.28. The van der Waals surface area contributed by atoms with Crippen molar-refractivity contribution in [1.29, 1.82) is 0 Å². The highest BCUT2D eigenvalue weighted by Crippen LogP contribution is 2.17. The topological polar surface area (TPSA) is 69.6 Å². The molecule has 1 atom stereocenters. The molecule has 1 rings (SSSR count). The Morgan fingerprint density at radius 3 is 2.75 bits per heavy atom. The molecule has 0 heterocycles. The summed E-state index contributed by atoms with van der Waals surface area (Å²) < 4.78 is 0. The second-order valence-electron chi connectivity index (χ2n) is 3.92. The van der Waals surface area contributed by atoms with E-state index in [-0.39, 0.29) is 11.7 Å². The van der Waals surface area contributed by atoms with Crippen molar-refractivity contribution >= 4 is 11.7 Å². The molecule has 1 unspecified atom stereocenters. The number of carbonyl (C=O) groups is 1. The van der Waals surface area contributed by atoms with Gasteiger partial charge in [0.15, 0.2) is 0 Å². The maximum Gasteiger partial charge on any atom is 0.337 e. The predicted molar refractivity (Wildman–Crippen MR) is 62.9 cm³/mol. The van der Waals surface area contributed by atoms with Crippen molar-refractivity contribution in [3.05, 3.63) is 29.3 Å². The van der Waals surface area contributed by atoms with Crippen molar-refractivity contribution in [1.82, 2.24) is 0 Å². The lowest BCUT2D eigenvalue weighted by molar-refractivity contribution is 0.0698. The third kappa shape index (κ3) is 3.55. The molecule has 4 nitrogen and oxygen atoms in total. The first-order valence-electron chi connectivity index (χ1n) is 5.26. The largest absolute Gasteiger partial charge is 0.478 e. The highest BCUT2D eigenvalue weighted by molar-refractivity contribution is 5.94. The molecule has 3 N–H and O–H groups in total. The van der Waals surface area contributed by atoms with E-state index in [0.29, 0.717) is 18.7 Å². The van der Waals surface area contributed by atoms with Gasteiger partial charge in [0.1, 0.15) is 0 Å². The van der Waals surface area contributed by atoms with Crippen molar-refractivity contribution in [2.45, 2.75) is 26.4 Å². The molecular weight excluding hydrogens is 206 g/mol. The van der Waals surface area contributed by atoms with Gasteiger partial charge in [-0.05, 0) is 38.0 Å². The van der Waals surface area contributed by atoms with Gasteiger partial charge in [0.2, 0.25) is 0 Å². The fourth-order valence-electron chi connectivity index (χ4n) is 1.41. The fraction of sp³-hybridized carbons (Fsp3) is 0.417. The van der Waals surface area contributed by atoms with Gasteiger partial charge in [-0.3, -0.25) is 0 Å². The number of aliphatic hydroxyl groups excluding tert-OH is 1. The van der Waals surface area contributed by atoms with Crippen LogP contribution in [0.2, 0.25) is 0 Å². The van der Waals surface area contributed by atoms with Crippen LogP contribution in [0.1, 0.15) is 29.3 Å². The number of aliphatic hydroxyl groups is 1. The molecule has 0 fully saturated rings. The van der Waals surface area contributed by atoms with E-state index in [9.17, 15) is 4.79 Å². The maximum atomic E-state index is 10.9. The van der Waals surface area contributed by atoms with Crippen LogP contribution in [0.25, 0.3) is 0 Å². The minimum Gasteiger partial charge on any atom is -0.478 e. The summed E-state index contributed by atoms with van der Waals surface area (Å²) in [5.41, 5.74) is 1.87. The van der Waals surface area contributed by atoms with Gasteiger partial charge in [-0.1, -0.05) is 6.07 Å². The highest BCUT2D eigenvalue weighted by atomic mass is 16.4. The van der Waals surface area contributed by atoms with E-state index < -0.39 is 5.97 Å². The summed E-state index contributed by atoms with van der Waals surface area (Å²) >= 11 is 0. The second-order valence-corrected chi connectivity index (χ2v) is 3.92. The van der Waals surface area contributed by atoms with E-state index in [1.165, 1.54) is 0 Å². The molecule has 1 aromatic carbocycles. The van der Waals surface area contributed by atoms with Crippen molar-refractivity contribution in [2.75, 3.05) is 11.9 Å². The average Bonchev–Trinajstić information content (AvgIpc) is 2.16. The molecule has 0 saturated heterocycles. The van der Waals surface area contributed by atoms with E-state index in [0.717, 1.165) is 5.56 Å². The Morgan fingerprint density at radius 1 is 1.50 bits per heavy atom. The third-order valence-corrected chi connectivity index (χ3v) is 2.28. The minimum atomic E-state index is -0.945. The molecule has 1 aromatic rings. The Labute approximate surface area is 94.9 Å². The molecule has 0 bridgehead atoms. The average molecular weight is 223 g/mol. The molecule has 0 radical (unpaired) electrons. The number of nitrogens with one attached hydrogen (secondary N) is 1. The van der Waals surface area contributed by atoms with Crippen LogP contribution >= 0.6 is 0 Å². The number of carboxylic acids is 1. The standard InChI is InChI=1S/C12H17NO3/c1-8-3-4-10(12(15)16)11(7-8)13-6-5-9(2)14/h3-4,7,9,13-14H,5-6H2,1-2H3,(H,15,16). The Hall–Kier alpha value is -1.55. The van der Waals surface area contributed by atoms with Gasteiger partial charge in [-0.2, -0.15) is 0 Å². The van der Waals surface area contributed by atoms with Gasteiger partial charge in [0.25, 0.3) is 0 Å². The number of aryl methyl sites for hydroxylation is 1. The molecule has 0 aliphatic carbocycles. The summed E-state index contributed by atoms with van der Waals surface area (Å²) in [6.07, 6.45) is 0.207. The summed E-state index contributed by atoms with van der Waals surface area (Å²) in [5.74, 6) is -0.945. The number of hydrogen-bond acceptors (Lipinski definition) is 3. The minimum absolute atomic E-state index is 0.260. The van der Waals surface area contributed by atoms with Crippen molar-refractivity contribution in [3.63, 3.8) is 0 Å². The molecule has 88 valence electrons. The molecule has 0 aromatic heterocycles. The van der Waals surface area contributed by atoms with Crippen LogP contribution in [-0.4, -0.2) is 28.8 Å². The number of benzene rings is 1. The zero-order valence-corrected chi connectivity index (χ0v) is 9.53.